The molecule has 0 radical (unpaired) electrons. The number of hydrogen-bond donors (Lipinski definition) is 1. The number of nitrogens with one attached hydrogen (secondary N) is 1. The highest BCUT2D eigenvalue weighted by Gasteiger charge is 2.15. The zero-order chi connectivity index (χ0) is 21.7. The van der Waals surface area contributed by atoms with Crippen molar-refractivity contribution in [1.29, 1.82) is 0 Å². The van der Waals surface area contributed by atoms with Crippen molar-refractivity contribution in [3.63, 3.8) is 0 Å². The van der Waals surface area contributed by atoms with Gasteiger partial charge in [0.2, 0.25) is 5.43 Å². The quantitative estimate of drug-likeness (QED) is 0.656. The first-order valence-corrected chi connectivity index (χ1v) is 9.23. The molecule has 6 nitrogen and oxygen atoms in total. The first-order chi connectivity index (χ1) is 14.4. The Morgan fingerprint density at radius 1 is 1.23 bits per heavy atom. The van der Waals surface area contributed by atoms with E-state index in [0.29, 0.717) is 23.6 Å². The first-order valence-electron chi connectivity index (χ1n) is 9.23. The van der Waals surface area contributed by atoms with Gasteiger partial charge in [-0.2, -0.15) is 0 Å². The van der Waals surface area contributed by atoms with Crippen LogP contribution in [0.15, 0.2) is 41.3 Å². The van der Waals surface area contributed by atoms with Crippen molar-refractivity contribution in [3.8, 4) is 17.6 Å². The van der Waals surface area contributed by atoms with Gasteiger partial charge >= 0.3 is 0 Å². The maximum absolute atomic E-state index is 13.4. The summed E-state index contributed by atoms with van der Waals surface area (Å²) in [5, 5.41) is 2.93. The number of pyridine rings is 2. The normalized spacial score (nSPS) is 10.4. The lowest BCUT2D eigenvalue weighted by Crippen LogP contribution is -2.30. The molecule has 30 heavy (non-hydrogen) atoms. The van der Waals surface area contributed by atoms with Crippen molar-refractivity contribution < 1.29 is 18.3 Å². The third-order valence-corrected chi connectivity index (χ3v) is 4.30. The Balaban J connectivity index is 1.65. The van der Waals surface area contributed by atoms with E-state index in [-0.39, 0.29) is 24.5 Å². The van der Waals surface area contributed by atoms with Crippen molar-refractivity contribution in [3.05, 3.63) is 69.6 Å². The molecular formula is C22H19F2N3O3. The Morgan fingerprint density at radius 2 is 2.03 bits per heavy atom. The molecule has 8 heteroatoms. The molecular weight excluding hydrogens is 392 g/mol. The lowest BCUT2D eigenvalue weighted by atomic mass is 10.1. The second-order valence-electron chi connectivity index (χ2n) is 6.38. The molecule has 0 bridgehead atoms. The van der Waals surface area contributed by atoms with Gasteiger partial charge in [-0.15, -0.1) is 0 Å². The van der Waals surface area contributed by atoms with E-state index in [2.05, 4.69) is 22.1 Å². The van der Waals surface area contributed by atoms with Crippen molar-refractivity contribution in [1.82, 2.24) is 14.9 Å². The third kappa shape index (κ3) is 4.63. The number of ether oxygens (including phenoxy) is 1. The fourth-order valence-electron chi connectivity index (χ4n) is 2.80. The number of rotatable bonds is 5. The number of aromatic nitrogens is 2. The van der Waals surface area contributed by atoms with Gasteiger partial charge in [0.05, 0.1) is 11.9 Å². The number of nitrogens with zero attached hydrogens (tertiary/aromatic N) is 2. The summed E-state index contributed by atoms with van der Waals surface area (Å²) in [5.41, 5.74) is 0.910. The molecule has 3 aromatic rings. The number of hydrogen-bond acceptors (Lipinski definition) is 4. The number of aryl methyl sites for hydroxylation is 2. The lowest BCUT2D eigenvalue weighted by molar-refractivity contribution is 0.0957. The van der Waals surface area contributed by atoms with Crippen LogP contribution in [0.5, 0.6) is 5.75 Å². The van der Waals surface area contributed by atoms with Crippen molar-refractivity contribution in [2.24, 2.45) is 0 Å². The summed E-state index contributed by atoms with van der Waals surface area (Å²) in [6, 6.07) is 6.35. The molecule has 154 valence electrons. The molecule has 0 saturated heterocycles. The van der Waals surface area contributed by atoms with Gasteiger partial charge in [0, 0.05) is 24.5 Å². The van der Waals surface area contributed by atoms with Gasteiger partial charge in [0.25, 0.3) is 5.91 Å². The van der Waals surface area contributed by atoms with E-state index in [4.69, 9.17) is 4.74 Å². The Kier molecular flexibility index (Phi) is 6.42. The SMILES string of the molecule is CCn1cc(C(=O)NCC#CCOc2ccc(F)cc2F)c(=O)c2ccc(C)nc21. The second kappa shape index (κ2) is 9.18. The van der Waals surface area contributed by atoms with Gasteiger partial charge in [-0.05, 0) is 38.1 Å². The molecule has 2 aromatic heterocycles. The van der Waals surface area contributed by atoms with Crippen LogP contribution in [0, 0.1) is 30.4 Å². The minimum Gasteiger partial charge on any atom is -0.478 e. The van der Waals surface area contributed by atoms with Crippen molar-refractivity contribution in [2.45, 2.75) is 20.4 Å². The van der Waals surface area contributed by atoms with E-state index in [1.54, 1.807) is 16.7 Å². The predicted octanol–water partition coefficient (Wildman–Crippen LogP) is 2.82. The number of benzene rings is 1. The van der Waals surface area contributed by atoms with Gasteiger partial charge in [0.15, 0.2) is 11.6 Å². The zero-order valence-electron chi connectivity index (χ0n) is 16.5. The Labute approximate surface area is 171 Å². The first kappa shape index (κ1) is 21.0. The molecule has 1 N–H and O–H groups in total. The van der Waals surface area contributed by atoms with Crippen LogP contribution in [0.4, 0.5) is 8.78 Å². The molecule has 0 atom stereocenters. The minimum atomic E-state index is -0.821. The van der Waals surface area contributed by atoms with E-state index in [0.717, 1.165) is 11.8 Å². The summed E-state index contributed by atoms with van der Waals surface area (Å²) >= 11 is 0. The molecule has 1 amide bonds. The van der Waals surface area contributed by atoms with Gasteiger partial charge in [-0.25, -0.2) is 13.8 Å². The molecule has 0 saturated carbocycles. The molecule has 0 unspecified atom stereocenters. The summed E-state index contributed by atoms with van der Waals surface area (Å²) in [6.07, 6.45) is 1.49. The second-order valence-corrected chi connectivity index (χ2v) is 6.38. The van der Waals surface area contributed by atoms with Crippen LogP contribution in [-0.2, 0) is 6.54 Å². The van der Waals surface area contributed by atoms with Crippen molar-refractivity contribution >= 4 is 16.9 Å². The lowest BCUT2D eigenvalue weighted by Gasteiger charge is -2.11. The summed E-state index contributed by atoms with van der Waals surface area (Å²) in [5.74, 6) is 3.08. The third-order valence-electron chi connectivity index (χ3n) is 4.30. The van der Waals surface area contributed by atoms with Gasteiger partial charge in [-0.3, -0.25) is 9.59 Å². The number of amides is 1. The monoisotopic (exact) mass is 411 g/mol. The maximum atomic E-state index is 13.4. The molecule has 3 rings (SSSR count). The minimum absolute atomic E-state index is 0.00133. The van der Waals surface area contributed by atoms with Crippen LogP contribution in [0.1, 0.15) is 23.0 Å². The number of halogens is 2. The average Bonchev–Trinajstić information content (AvgIpc) is 2.72. The van der Waals surface area contributed by atoms with Crippen LogP contribution < -0.4 is 15.5 Å². The molecule has 0 aliphatic rings. The van der Waals surface area contributed by atoms with Crippen LogP contribution in [-0.4, -0.2) is 28.6 Å². The molecule has 2 heterocycles. The standard InChI is InChI=1S/C22H19F2N3O3/c1-3-27-13-17(20(28)16-8-6-14(2)26-21(16)27)22(29)25-10-4-5-11-30-19-9-7-15(23)12-18(19)24/h6-9,12-13H,3,10-11H2,1-2H3,(H,25,29). The van der Waals surface area contributed by atoms with E-state index in [1.807, 2.05) is 13.8 Å². The highest BCUT2D eigenvalue weighted by atomic mass is 19.1. The predicted molar refractivity (Wildman–Crippen MR) is 108 cm³/mol. The summed E-state index contributed by atoms with van der Waals surface area (Å²) < 4.78 is 33.1. The van der Waals surface area contributed by atoms with Crippen LogP contribution in [0.2, 0.25) is 0 Å². The summed E-state index contributed by atoms with van der Waals surface area (Å²) in [4.78, 5) is 29.5. The largest absolute Gasteiger partial charge is 0.478 e. The molecule has 1 aromatic carbocycles. The zero-order valence-corrected chi connectivity index (χ0v) is 16.5. The van der Waals surface area contributed by atoms with E-state index >= 15 is 0 Å². The van der Waals surface area contributed by atoms with Crippen molar-refractivity contribution in [2.75, 3.05) is 13.2 Å². The molecule has 0 fully saturated rings. The maximum Gasteiger partial charge on any atom is 0.257 e. The number of carbonyl (C=O) groups is 1. The fourth-order valence-corrected chi connectivity index (χ4v) is 2.80. The highest BCUT2D eigenvalue weighted by molar-refractivity contribution is 5.97. The number of carbonyl (C=O) groups excluding carboxylic acids is 1. The molecule has 0 spiro atoms. The summed E-state index contributed by atoms with van der Waals surface area (Å²) in [7, 11) is 0. The summed E-state index contributed by atoms with van der Waals surface area (Å²) in [6.45, 7) is 4.11. The van der Waals surface area contributed by atoms with Gasteiger partial charge in [-0.1, -0.05) is 11.8 Å². The van der Waals surface area contributed by atoms with Gasteiger partial charge in [0.1, 0.15) is 23.6 Å². The Hall–Kier alpha value is -3.73. The topological polar surface area (TPSA) is 73.2 Å². The Morgan fingerprint density at radius 3 is 2.77 bits per heavy atom. The number of fused-ring (bicyclic) bond motifs is 1. The average molecular weight is 411 g/mol. The molecule has 0 aliphatic carbocycles. The van der Waals surface area contributed by atoms with E-state index < -0.39 is 23.0 Å². The molecule has 0 aliphatic heterocycles. The van der Waals surface area contributed by atoms with E-state index in [1.165, 1.54) is 12.3 Å². The van der Waals surface area contributed by atoms with E-state index in [9.17, 15) is 18.4 Å². The highest BCUT2D eigenvalue weighted by Crippen LogP contribution is 2.17. The van der Waals surface area contributed by atoms with Crippen LogP contribution in [0.25, 0.3) is 11.0 Å². The van der Waals surface area contributed by atoms with Crippen LogP contribution >= 0.6 is 0 Å². The fraction of sp³-hybridized carbons (Fsp3) is 0.227. The Bertz CT molecular complexity index is 1230. The van der Waals surface area contributed by atoms with Crippen LogP contribution in [0.3, 0.4) is 0 Å². The van der Waals surface area contributed by atoms with Gasteiger partial charge < -0.3 is 14.6 Å². The smallest absolute Gasteiger partial charge is 0.257 e.